The van der Waals surface area contributed by atoms with Gasteiger partial charge in [-0.05, 0) is 30.7 Å². The molecule has 1 atom stereocenters. The molecule has 0 heterocycles. The molecule has 2 aromatic rings. The number of hydrogen-bond donors (Lipinski definition) is 1. The Morgan fingerprint density at radius 3 is 2.42 bits per heavy atom. The Labute approximate surface area is 119 Å². The average molecular weight is 326 g/mol. The number of nitrogens with one attached hydrogen (secondary N) is 1. The van der Waals surface area contributed by atoms with Gasteiger partial charge in [-0.3, -0.25) is 0 Å². The van der Waals surface area contributed by atoms with Crippen molar-refractivity contribution in [2.75, 3.05) is 0 Å². The van der Waals surface area contributed by atoms with Crippen LogP contribution in [0.1, 0.15) is 24.1 Å². The van der Waals surface area contributed by atoms with Gasteiger partial charge in [0.05, 0.1) is 0 Å². The maximum absolute atomic E-state index is 13.5. The highest BCUT2D eigenvalue weighted by Gasteiger charge is 2.07. The molecule has 1 N–H and O–H groups in total. The number of halogens is 3. The van der Waals surface area contributed by atoms with Crippen molar-refractivity contribution in [2.45, 2.75) is 19.5 Å². The lowest BCUT2D eigenvalue weighted by Crippen LogP contribution is -2.18. The third-order valence-electron chi connectivity index (χ3n) is 2.98. The van der Waals surface area contributed by atoms with Crippen LogP contribution in [0.3, 0.4) is 0 Å². The lowest BCUT2D eigenvalue weighted by Gasteiger charge is -2.14. The fourth-order valence-electron chi connectivity index (χ4n) is 1.80. The third-order valence-corrected chi connectivity index (χ3v) is 3.51. The maximum atomic E-state index is 13.5. The van der Waals surface area contributed by atoms with E-state index in [1.165, 1.54) is 12.1 Å². The van der Waals surface area contributed by atoms with Crippen molar-refractivity contribution >= 4 is 15.9 Å². The summed E-state index contributed by atoms with van der Waals surface area (Å²) in [5.41, 5.74) is 1.58. The summed E-state index contributed by atoms with van der Waals surface area (Å²) in [4.78, 5) is 0. The van der Waals surface area contributed by atoms with Crippen molar-refractivity contribution in [3.63, 3.8) is 0 Å². The van der Waals surface area contributed by atoms with Crippen LogP contribution in [0.25, 0.3) is 0 Å². The minimum atomic E-state index is -0.554. The van der Waals surface area contributed by atoms with Gasteiger partial charge in [0.2, 0.25) is 0 Å². The molecule has 0 aliphatic heterocycles. The fraction of sp³-hybridized carbons (Fsp3) is 0.200. The molecule has 0 saturated heterocycles. The van der Waals surface area contributed by atoms with Crippen LogP contribution < -0.4 is 5.32 Å². The van der Waals surface area contributed by atoms with E-state index in [0.29, 0.717) is 12.1 Å². The second kappa shape index (κ2) is 6.26. The van der Waals surface area contributed by atoms with E-state index in [0.717, 1.165) is 16.1 Å². The molecule has 0 fully saturated rings. The number of rotatable bonds is 4. The Morgan fingerprint density at radius 2 is 1.79 bits per heavy atom. The molecule has 4 heteroatoms. The molecule has 0 aliphatic carbocycles. The zero-order valence-corrected chi connectivity index (χ0v) is 12.0. The molecular weight excluding hydrogens is 312 g/mol. The van der Waals surface area contributed by atoms with Gasteiger partial charge >= 0.3 is 0 Å². The lowest BCUT2D eigenvalue weighted by atomic mass is 10.1. The van der Waals surface area contributed by atoms with Gasteiger partial charge in [0.1, 0.15) is 11.6 Å². The lowest BCUT2D eigenvalue weighted by molar-refractivity contribution is 0.533. The highest BCUT2D eigenvalue weighted by molar-refractivity contribution is 9.10. The molecule has 2 aromatic carbocycles. The second-order valence-corrected chi connectivity index (χ2v) is 5.31. The van der Waals surface area contributed by atoms with E-state index in [2.05, 4.69) is 21.2 Å². The van der Waals surface area contributed by atoms with E-state index >= 15 is 0 Å². The van der Waals surface area contributed by atoms with Crippen molar-refractivity contribution in [2.24, 2.45) is 0 Å². The summed E-state index contributed by atoms with van der Waals surface area (Å²) in [6.07, 6.45) is 0. The second-order valence-electron chi connectivity index (χ2n) is 4.39. The molecule has 1 nitrogen and oxygen atoms in total. The maximum Gasteiger partial charge on any atom is 0.130 e. The summed E-state index contributed by atoms with van der Waals surface area (Å²) in [6.45, 7) is 2.37. The van der Waals surface area contributed by atoms with Gasteiger partial charge in [-0.15, -0.1) is 0 Å². The normalized spacial score (nSPS) is 12.4. The van der Waals surface area contributed by atoms with Crippen molar-refractivity contribution in [3.05, 3.63) is 69.7 Å². The molecule has 2 rings (SSSR count). The third kappa shape index (κ3) is 3.85. The molecule has 0 saturated carbocycles. The average Bonchev–Trinajstić information content (AvgIpc) is 2.38. The van der Waals surface area contributed by atoms with Gasteiger partial charge < -0.3 is 5.32 Å². The van der Waals surface area contributed by atoms with Gasteiger partial charge in [0, 0.05) is 28.7 Å². The highest BCUT2D eigenvalue weighted by Crippen LogP contribution is 2.17. The van der Waals surface area contributed by atoms with Gasteiger partial charge in [0.25, 0.3) is 0 Å². The van der Waals surface area contributed by atoms with Crippen LogP contribution in [0.4, 0.5) is 8.78 Å². The summed E-state index contributed by atoms with van der Waals surface area (Å²) < 4.78 is 27.3. The Bertz CT molecular complexity index is 555. The Hall–Kier alpha value is -1.26. The SMILES string of the molecule is C[C@@H](NCc1ccc(F)cc1F)c1ccc(Br)cc1. The topological polar surface area (TPSA) is 12.0 Å². The van der Waals surface area contributed by atoms with Crippen molar-refractivity contribution in [1.82, 2.24) is 5.32 Å². The monoisotopic (exact) mass is 325 g/mol. The molecule has 0 spiro atoms. The fourth-order valence-corrected chi connectivity index (χ4v) is 2.06. The standard InChI is InChI=1S/C15H14BrF2N/c1-10(11-2-5-13(16)6-3-11)19-9-12-4-7-14(17)8-15(12)18/h2-8,10,19H,9H2,1H3/t10-/m1/s1. The Balaban J connectivity index is 2.00. The van der Waals surface area contributed by atoms with Crippen LogP contribution in [0.5, 0.6) is 0 Å². The zero-order valence-electron chi connectivity index (χ0n) is 10.5. The molecule has 0 aliphatic rings. The van der Waals surface area contributed by atoms with E-state index < -0.39 is 11.6 Å². The van der Waals surface area contributed by atoms with E-state index in [4.69, 9.17) is 0 Å². The van der Waals surface area contributed by atoms with Crippen LogP contribution in [0.2, 0.25) is 0 Å². The molecule has 0 amide bonds. The Morgan fingerprint density at radius 1 is 1.11 bits per heavy atom. The molecule has 100 valence electrons. The molecule has 0 unspecified atom stereocenters. The van der Waals surface area contributed by atoms with Crippen molar-refractivity contribution < 1.29 is 8.78 Å². The van der Waals surface area contributed by atoms with E-state index in [9.17, 15) is 8.78 Å². The van der Waals surface area contributed by atoms with Crippen molar-refractivity contribution in [1.29, 1.82) is 0 Å². The zero-order chi connectivity index (χ0) is 13.8. The van der Waals surface area contributed by atoms with Crippen molar-refractivity contribution in [3.8, 4) is 0 Å². The molecule has 0 aromatic heterocycles. The van der Waals surface area contributed by atoms with Crippen LogP contribution in [0, 0.1) is 11.6 Å². The summed E-state index contributed by atoms with van der Waals surface area (Å²) in [6, 6.07) is 11.7. The Kier molecular flexibility index (Phi) is 4.66. The minimum absolute atomic E-state index is 0.0950. The van der Waals surface area contributed by atoms with E-state index in [-0.39, 0.29) is 6.04 Å². The summed E-state index contributed by atoms with van der Waals surface area (Å²) in [5.74, 6) is -1.07. The first-order chi connectivity index (χ1) is 9.06. The number of benzene rings is 2. The number of hydrogen-bond acceptors (Lipinski definition) is 1. The van der Waals surface area contributed by atoms with Gasteiger partial charge in [-0.25, -0.2) is 8.78 Å². The first kappa shape index (κ1) is 14.2. The summed E-state index contributed by atoms with van der Waals surface area (Å²) >= 11 is 3.38. The largest absolute Gasteiger partial charge is 0.306 e. The van der Waals surface area contributed by atoms with Gasteiger partial charge in [0.15, 0.2) is 0 Å². The predicted molar refractivity (Wildman–Crippen MR) is 75.8 cm³/mol. The first-order valence-electron chi connectivity index (χ1n) is 5.99. The summed E-state index contributed by atoms with van der Waals surface area (Å²) in [5, 5.41) is 3.22. The quantitative estimate of drug-likeness (QED) is 0.867. The summed E-state index contributed by atoms with van der Waals surface area (Å²) in [7, 11) is 0. The predicted octanol–water partition coefficient (Wildman–Crippen LogP) is 4.58. The first-order valence-corrected chi connectivity index (χ1v) is 6.78. The van der Waals surface area contributed by atoms with E-state index in [1.807, 2.05) is 31.2 Å². The van der Waals surface area contributed by atoms with Crippen LogP contribution in [-0.4, -0.2) is 0 Å². The van der Waals surface area contributed by atoms with Crippen LogP contribution in [0.15, 0.2) is 46.9 Å². The molecule has 0 radical (unpaired) electrons. The smallest absolute Gasteiger partial charge is 0.130 e. The molecule has 19 heavy (non-hydrogen) atoms. The van der Waals surface area contributed by atoms with Gasteiger partial charge in [-0.1, -0.05) is 34.1 Å². The van der Waals surface area contributed by atoms with E-state index in [1.54, 1.807) is 0 Å². The van der Waals surface area contributed by atoms with Gasteiger partial charge in [-0.2, -0.15) is 0 Å². The minimum Gasteiger partial charge on any atom is -0.306 e. The highest BCUT2D eigenvalue weighted by atomic mass is 79.9. The van der Waals surface area contributed by atoms with Crippen LogP contribution in [-0.2, 0) is 6.54 Å². The molecular formula is C15H14BrF2N. The molecule has 0 bridgehead atoms. The van der Waals surface area contributed by atoms with Crippen LogP contribution >= 0.6 is 15.9 Å².